The van der Waals surface area contributed by atoms with Gasteiger partial charge in [-0.25, -0.2) is 0 Å². The highest BCUT2D eigenvalue weighted by atomic mass is 16.3. The normalized spacial score (nSPS) is 21.0. The van der Waals surface area contributed by atoms with Crippen LogP contribution in [0.3, 0.4) is 0 Å². The smallest absolute Gasteiger partial charge is 0.123 e. The van der Waals surface area contributed by atoms with Crippen molar-refractivity contribution in [3.8, 4) is 11.5 Å². The fourth-order valence-corrected chi connectivity index (χ4v) is 3.95. The molecule has 0 aromatic heterocycles. The van der Waals surface area contributed by atoms with E-state index in [-0.39, 0.29) is 17.4 Å². The molecule has 1 aromatic rings. The molecule has 2 rings (SSSR count). The fraction of sp³-hybridized carbons (Fsp3) is 0.619. The molecule has 0 heterocycles. The van der Waals surface area contributed by atoms with Gasteiger partial charge in [-0.15, -0.1) is 0 Å². The molecule has 2 nitrogen and oxygen atoms in total. The van der Waals surface area contributed by atoms with E-state index in [2.05, 4.69) is 33.8 Å². The Morgan fingerprint density at radius 3 is 2.35 bits per heavy atom. The van der Waals surface area contributed by atoms with E-state index in [1.807, 2.05) is 12.1 Å². The Morgan fingerprint density at radius 2 is 1.78 bits per heavy atom. The van der Waals surface area contributed by atoms with Crippen molar-refractivity contribution in [2.75, 3.05) is 0 Å². The number of phenolic OH excluding ortho intramolecular Hbond substituents is 2. The summed E-state index contributed by atoms with van der Waals surface area (Å²) < 4.78 is 0. The maximum absolute atomic E-state index is 10.5. The highest BCUT2D eigenvalue weighted by molar-refractivity contribution is 5.51. The van der Waals surface area contributed by atoms with Gasteiger partial charge in [0.05, 0.1) is 0 Å². The lowest BCUT2D eigenvalue weighted by Crippen LogP contribution is -2.10. The van der Waals surface area contributed by atoms with Crippen molar-refractivity contribution in [2.45, 2.75) is 72.1 Å². The van der Waals surface area contributed by atoms with Crippen molar-refractivity contribution in [3.63, 3.8) is 0 Å². The molecule has 0 amide bonds. The zero-order valence-corrected chi connectivity index (χ0v) is 15.1. The molecule has 1 aliphatic rings. The van der Waals surface area contributed by atoms with Crippen LogP contribution in [0.25, 0.3) is 0 Å². The second-order valence-corrected chi connectivity index (χ2v) is 7.64. The molecule has 0 bridgehead atoms. The van der Waals surface area contributed by atoms with E-state index in [0.29, 0.717) is 11.8 Å². The minimum Gasteiger partial charge on any atom is -0.507 e. The van der Waals surface area contributed by atoms with Crippen molar-refractivity contribution in [1.82, 2.24) is 0 Å². The molecule has 1 aliphatic carbocycles. The minimum absolute atomic E-state index is 0.141. The number of hydrogen-bond acceptors (Lipinski definition) is 2. The summed E-state index contributed by atoms with van der Waals surface area (Å²) in [6, 6.07) is 3.72. The number of aryl methyl sites for hydroxylation is 1. The monoisotopic (exact) mass is 316 g/mol. The molecule has 0 fully saturated rings. The van der Waals surface area contributed by atoms with E-state index in [9.17, 15) is 10.2 Å². The number of phenols is 2. The molecule has 0 spiro atoms. The fourth-order valence-electron chi connectivity index (χ4n) is 3.95. The number of unbranched alkanes of at least 4 members (excludes halogenated alkanes) is 2. The molecular formula is C21H32O2. The summed E-state index contributed by atoms with van der Waals surface area (Å²) in [5, 5.41) is 21.1. The molecule has 0 saturated heterocycles. The molecule has 128 valence electrons. The Bertz CT molecular complexity index is 534. The van der Waals surface area contributed by atoms with Crippen LogP contribution in [0.2, 0.25) is 0 Å². The van der Waals surface area contributed by atoms with Crippen LogP contribution in [-0.4, -0.2) is 10.2 Å². The molecule has 1 aromatic carbocycles. The Balaban J connectivity index is 2.24. The van der Waals surface area contributed by atoms with Crippen LogP contribution in [0.1, 0.15) is 76.8 Å². The van der Waals surface area contributed by atoms with Gasteiger partial charge in [-0.1, -0.05) is 45.3 Å². The largest absolute Gasteiger partial charge is 0.507 e. The predicted molar refractivity (Wildman–Crippen MR) is 97.1 cm³/mol. The molecule has 0 radical (unpaired) electrons. The van der Waals surface area contributed by atoms with Gasteiger partial charge in [0.25, 0.3) is 0 Å². The van der Waals surface area contributed by atoms with E-state index < -0.39 is 0 Å². The lowest BCUT2D eigenvalue weighted by atomic mass is 9.82. The number of allylic oxidation sites excluding steroid dienone is 2. The van der Waals surface area contributed by atoms with Gasteiger partial charge in [0.2, 0.25) is 0 Å². The quantitative estimate of drug-likeness (QED) is 0.483. The van der Waals surface area contributed by atoms with E-state index in [4.69, 9.17) is 0 Å². The Kier molecular flexibility index (Phi) is 6.15. The summed E-state index contributed by atoms with van der Waals surface area (Å²) >= 11 is 0. The summed E-state index contributed by atoms with van der Waals surface area (Å²) in [4.78, 5) is 0. The standard InChI is InChI=1S/C21H32O2/c1-5-6-7-8-16-12-19(22)21(20(23)13-16)18-11-15(4)10-17(18)9-14(2)3/h11-14,17-18,22-23H,5-10H2,1-4H3/t17-,18-/m1/s1. The van der Waals surface area contributed by atoms with Gasteiger partial charge in [-0.3, -0.25) is 0 Å². The van der Waals surface area contributed by atoms with Crippen LogP contribution in [0.5, 0.6) is 11.5 Å². The maximum atomic E-state index is 10.5. The van der Waals surface area contributed by atoms with E-state index in [1.54, 1.807) is 0 Å². The third-order valence-electron chi connectivity index (χ3n) is 4.93. The molecule has 0 saturated carbocycles. The van der Waals surface area contributed by atoms with Gasteiger partial charge in [-0.2, -0.15) is 0 Å². The lowest BCUT2D eigenvalue weighted by molar-refractivity contribution is 0.371. The summed E-state index contributed by atoms with van der Waals surface area (Å²) in [7, 11) is 0. The summed E-state index contributed by atoms with van der Waals surface area (Å²) in [6.45, 7) is 8.81. The van der Waals surface area contributed by atoms with Gasteiger partial charge in [0, 0.05) is 11.5 Å². The van der Waals surface area contributed by atoms with Gasteiger partial charge < -0.3 is 10.2 Å². The third-order valence-corrected chi connectivity index (χ3v) is 4.93. The highest BCUT2D eigenvalue weighted by Crippen LogP contribution is 2.47. The number of rotatable bonds is 7. The molecule has 0 unspecified atom stereocenters. The van der Waals surface area contributed by atoms with Gasteiger partial charge in [0.1, 0.15) is 11.5 Å². The second-order valence-electron chi connectivity index (χ2n) is 7.64. The van der Waals surface area contributed by atoms with E-state index >= 15 is 0 Å². The number of hydrogen-bond donors (Lipinski definition) is 2. The average molecular weight is 316 g/mol. The molecule has 23 heavy (non-hydrogen) atoms. The average Bonchev–Trinajstić information content (AvgIpc) is 2.78. The predicted octanol–water partition coefficient (Wildman–Crippen LogP) is 5.93. The van der Waals surface area contributed by atoms with Crippen LogP contribution in [0, 0.1) is 11.8 Å². The van der Waals surface area contributed by atoms with Crippen molar-refractivity contribution in [2.24, 2.45) is 11.8 Å². The number of aromatic hydroxyl groups is 2. The highest BCUT2D eigenvalue weighted by Gasteiger charge is 2.31. The van der Waals surface area contributed by atoms with E-state index in [0.717, 1.165) is 36.8 Å². The first-order valence-electron chi connectivity index (χ1n) is 9.14. The minimum atomic E-state index is 0.141. The molecule has 2 heteroatoms. The van der Waals surface area contributed by atoms with Crippen LogP contribution >= 0.6 is 0 Å². The second kappa shape index (κ2) is 7.90. The summed E-state index contributed by atoms with van der Waals surface area (Å²) in [5.41, 5.74) is 3.13. The zero-order chi connectivity index (χ0) is 17.0. The van der Waals surface area contributed by atoms with Crippen molar-refractivity contribution >= 4 is 0 Å². The Labute approximate surface area is 141 Å². The number of benzene rings is 1. The van der Waals surface area contributed by atoms with Crippen LogP contribution in [-0.2, 0) is 6.42 Å². The Hall–Kier alpha value is -1.44. The maximum Gasteiger partial charge on any atom is 0.123 e. The summed E-state index contributed by atoms with van der Waals surface area (Å²) in [5.74, 6) is 1.78. The van der Waals surface area contributed by atoms with E-state index in [1.165, 1.54) is 18.4 Å². The van der Waals surface area contributed by atoms with Crippen molar-refractivity contribution in [1.29, 1.82) is 0 Å². The van der Waals surface area contributed by atoms with Crippen molar-refractivity contribution < 1.29 is 10.2 Å². The molecule has 0 aliphatic heterocycles. The van der Waals surface area contributed by atoms with Crippen LogP contribution < -0.4 is 0 Å². The topological polar surface area (TPSA) is 40.5 Å². The zero-order valence-electron chi connectivity index (χ0n) is 15.1. The van der Waals surface area contributed by atoms with Gasteiger partial charge >= 0.3 is 0 Å². The first-order chi connectivity index (χ1) is 10.9. The third kappa shape index (κ3) is 4.53. The summed E-state index contributed by atoms with van der Waals surface area (Å²) in [6.07, 6.45) is 8.81. The SMILES string of the molecule is CCCCCc1cc(O)c([C@@H]2C=C(C)C[C@H]2CC(C)C)c(O)c1. The van der Waals surface area contributed by atoms with Crippen LogP contribution in [0.15, 0.2) is 23.8 Å². The van der Waals surface area contributed by atoms with Gasteiger partial charge in [0.15, 0.2) is 0 Å². The molecular weight excluding hydrogens is 284 g/mol. The van der Waals surface area contributed by atoms with Crippen molar-refractivity contribution in [3.05, 3.63) is 34.9 Å². The Morgan fingerprint density at radius 1 is 1.13 bits per heavy atom. The molecule has 2 N–H and O–H groups in total. The van der Waals surface area contributed by atoms with Crippen LogP contribution in [0.4, 0.5) is 0 Å². The van der Waals surface area contributed by atoms with Gasteiger partial charge in [-0.05, 0) is 62.1 Å². The lowest BCUT2D eigenvalue weighted by Gasteiger charge is -2.23. The first kappa shape index (κ1) is 17.9. The first-order valence-corrected chi connectivity index (χ1v) is 9.14. The molecule has 2 atom stereocenters.